The van der Waals surface area contributed by atoms with Crippen molar-refractivity contribution in [1.82, 2.24) is 40.1 Å². The molecule has 356 valence electrons. The molecule has 0 radical (unpaired) electrons. The highest BCUT2D eigenvalue weighted by atomic mass is 32.1. The topological polar surface area (TPSA) is 142 Å². The molecule has 2 fully saturated rings. The van der Waals surface area contributed by atoms with Gasteiger partial charge in [-0.1, -0.05) is 77.4 Å². The minimum absolute atomic E-state index is 0.0201. The van der Waals surface area contributed by atoms with Crippen LogP contribution >= 0.6 is 11.3 Å². The number of urea groups is 1. The lowest BCUT2D eigenvalue weighted by atomic mass is 9.84. The lowest BCUT2D eigenvalue weighted by Crippen LogP contribution is -2.62. The van der Waals surface area contributed by atoms with Gasteiger partial charge in [-0.15, -0.1) is 11.3 Å². The first-order chi connectivity index (χ1) is 32.0. The third kappa shape index (κ3) is 10.2. The number of fused-ring (bicyclic) bond motifs is 6. The predicted molar refractivity (Wildman–Crippen MR) is 264 cm³/mol. The van der Waals surface area contributed by atoms with E-state index in [2.05, 4.69) is 105 Å². The van der Waals surface area contributed by atoms with E-state index in [0.717, 1.165) is 70.5 Å². The summed E-state index contributed by atoms with van der Waals surface area (Å²) < 4.78 is 8.52. The number of carbonyl (C=O) groups is 4. The number of hydrazine groups is 1. The van der Waals surface area contributed by atoms with Gasteiger partial charge >= 0.3 is 12.0 Å². The Bertz CT molecular complexity index is 2620. The molecule has 4 amide bonds. The Morgan fingerprint density at radius 2 is 1.79 bits per heavy atom. The number of aryl methyl sites for hydroxylation is 2. The van der Waals surface area contributed by atoms with E-state index < -0.39 is 35.4 Å². The number of rotatable bonds is 9. The van der Waals surface area contributed by atoms with Crippen molar-refractivity contribution in [2.75, 3.05) is 26.7 Å². The quantitative estimate of drug-likeness (QED) is 0.140. The molecule has 0 saturated carbocycles. The summed E-state index contributed by atoms with van der Waals surface area (Å²) in [4.78, 5) is 71.1. The van der Waals surface area contributed by atoms with Gasteiger partial charge in [-0.2, -0.15) is 0 Å². The Balaban J connectivity index is 1.13. The van der Waals surface area contributed by atoms with Crippen LogP contribution in [0.4, 0.5) is 4.79 Å². The number of pyridine rings is 1. The van der Waals surface area contributed by atoms with Gasteiger partial charge in [0.2, 0.25) is 5.91 Å². The number of thiazole rings is 1. The van der Waals surface area contributed by atoms with E-state index >= 15 is 0 Å². The summed E-state index contributed by atoms with van der Waals surface area (Å²) >= 11 is 1.45. The van der Waals surface area contributed by atoms with Crippen molar-refractivity contribution in [3.63, 3.8) is 0 Å². The molecule has 2 aromatic carbocycles. The van der Waals surface area contributed by atoms with Gasteiger partial charge in [0.15, 0.2) is 0 Å². The van der Waals surface area contributed by atoms with Gasteiger partial charge < -0.3 is 24.4 Å². The molecule has 4 atom stereocenters. The summed E-state index contributed by atoms with van der Waals surface area (Å²) in [5.74, 6) is -1.29. The second kappa shape index (κ2) is 19.9. The van der Waals surface area contributed by atoms with Gasteiger partial charge in [-0.25, -0.2) is 15.2 Å². The number of hydrogen-bond donors (Lipinski definition) is 2. The van der Waals surface area contributed by atoms with Crippen LogP contribution in [0.25, 0.3) is 33.4 Å². The largest absolute Gasteiger partial charge is 0.464 e. The predicted octanol–water partition coefficient (Wildman–Crippen LogP) is 8.71. The maximum atomic E-state index is 14.7. The lowest BCUT2D eigenvalue weighted by molar-refractivity contribution is -0.155. The van der Waals surface area contributed by atoms with E-state index in [-0.39, 0.29) is 42.8 Å². The summed E-state index contributed by atoms with van der Waals surface area (Å²) in [6.07, 6.45) is 6.19. The van der Waals surface area contributed by atoms with Crippen LogP contribution in [0.5, 0.6) is 0 Å². The zero-order valence-electron chi connectivity index (χ0n) is 40.7. The Kier molecular flexibility index (Phi) is 14.2. The number of nitrogens with one attached hydrogen (secondary N) is 2. The lowest BCUT2D eigenvalue weighted by Gasteiger charge is -2.37. The minimum atomic E-state index is -1.04. The summed E-state index contributed by atoms with van der Waals surface area (Å²) in [6, 6.07) is 16.3. The maximum absolute atomic E-state index is 14.7. The highest BCUT2D eigenvalue weighted by Gasteiger charge is 2.40. The van der Waals surface area contributed by atoms with E-state index in [0.29, 0.717) is 37.4 Å². The molecular weight excluding hydrogens is 861 g/mol. The number of likely N-dealkylation sites (tertiary alicyclic amines) is 1. The van der Waals surface area contributed by atoms with Gasteiger partial charge in [0.05, 0.1) is 28.7 Å². The maximum Gasteiger partial charge on any atom is 0.324 e. The average Bonchev–Trinajstić information content (AvgIpc) is 4.05. The zero-order chi connectivity index (χ0) is 47.7. The van der Waals surface area contributed by atoms with Crippen LogP contribution < -0.4 is 10.7 Å². The molecule has 1 unspecified atom stereocenters. The second-order valence-electron chi connectivity index (χ2n) is 20.3. The fraction of sp³-hybridized carbons (Fsp3) is 0.509. The smallest absolute Gasteiger partial charge is 0.324 e. The number of aromatic nitrogens is 3. The molecule has 2 N–H and O–H groups in total. The van der Waals surface area contributed by atoms with Crippen molar-refractivity contribution in [1.29, 1.82) is 0 Å². The third-order valence-corrected chi connectivity index (χ3v) is 14.7. The van der Waals surface area contributed by atoms with Gasteiger partial charge in [-0.3, -0.25) is 24.4 Å². The Morgan fingerprint density at radius 1 is 1.03 bits per heavy atom. The molecular formula is C53H68N8O5S. The number of cyclic esters (lactones) is 1. The third-order valence-electron chi connectivity index (χ3n) is 13.8. The average molecular weight is 929 g/mol. The van der Waals surface area contributed by atoms with Gasteiger partial charge in [0.25, 0.3) is 5.91 Å². The first-order valence-electron chi connectivity index (χ1n) is 24.2. The molecule has 0 aliphatic carbocycles. The molecule has 6 heterocycles. The number of nitrogens with zero attached hydrogens (tertiary/aromatic N) is 6. The van der Waals surface area contributed by atoms with Gasteiger partial charge in [0, 0.05) is 78.2 Å². The fourth-order valence-corrected chi connectivity index (χ4v) is 11.2. The molecule has 2 saturated heterocycles. The molecule has 14 heteroatoms. The van der Waals surface area contributed by atoms with E-state index in [1.54, 1.807) is 11.9 Å². The van der Waals surface area contributed by atoms with Crippen LogP contribution in [-0.4, -0.2) is 104 Å². The fourth-order valence-electron chi connectivity index (χ4n) is 10.4. The van der Waals surface area contributed by atoms with Crippen molar-refractivity contribution >= 4 is 46.1 Å². The van der Waals surface area contributed by atoms with E-state index in [9.17, 15) is 19.2 Å². The second-order valence-corrected chi connectivity index (χ2v) is 21.3. The summed E-state index contributed by atoms with van der Waals surface area (Å²) in [6.45, 7) is 18.5. The van der Waals surface area contributed by atoms with Crippen molar-refractivity contribution in [2.45, 2.75) is 137 Å². The molecule has 67 heavy (non-hydrogen) atoms. The summed E-state index contributed by atoms with van der Waals surface area (Å²) in [5.41, 5.74) is 12.3. The van der Waals surface area contributed by atoms with Crippen molar-refractivity contribution in [3.8, 4) is 22.5 Å². The number of amides is 4. The van der Waals surface area contributed by atoms with Gasteiger partial charge in [0.1, 0.15) is 18.1 Å². The van der Waals surface area contributed by atoms with Crippen LogP contribution in [0, 0.1) is 18.3 Å². The number of ether oxygens (including phenoxy) is 1. The Hall–Kier alpha value is -5.60. The molecule has 13 nitrogen and oxygen atoms in total. The van der Waals surface area contributed by atoms with Crippen LogP contribution in [0.1, 0.15) is 107 Å². The van der Waals surface area contributed by atoms with Crippen LogP contribution in [-0.2, 0) is 44.9 Å². The SMILES string of the molecule is CCn1c(-c2cccnc2C(C)C)c2c3cc(ccc31)-c1csc(n1)C[C@H](NC(=O)[C@H](C(C)C)N(C)C(=O)N1CCCC1Cc1ccc(C)cc1)C(=O)N1CCC[C@H](N1)C(=O)OCC(C)(C)C2. The Morgan fingerprint density at radius 3 is 2.52 bits per heavy atom. The van der Waals surface area contributed by atoms with Crippen LogP contribution in [0.3, 0.4) is 0 Å². The van der Waals surface area contributed by atoms with Crippen molar-refractivity contribution < 1.29 is 23.9 Å². The number of benzene rings is 2. The van der Waals surface area contributed by atoms with Crippen molar-refractivity contribution in [3.05, 3.63) is 93.6 Å². The number of esters is 1. The molecule has 6 bridgehead atoms. The van der Waals surface area contributed by atoms with Crippen LogP contribution in [0.15, 0.2) is 66.2 Å². The van der Waals surface area contributed by atoms with Gasteiger partial charge in [-0.05, 0) is 99.6 Å². The van der Waals surface area contributed by atoms with Crippen LogP contribution in [0.2, 0.25) is 0 Å². The number of hydrogen-bond acceptors (Lipinski definition) is 9. The number of carbonyl (C=O) groups excluding carboxylic acids is 4. The molecule has 3 aromatic heterocycles. The molecule has 0 spiro atoms. The highest BCUT2D eigenvalue weighted by molar-refractivity contribution is 7.10. The zero-order valence-corrected chi connectivity index (χ0v) is 41.5. The highest BCUT2D eigenvalue weighted by Crippen LogP contribution is 2.42. The van der Waals surface area contributed by atoms with E-state index in [1.807, 2.05) is 36.4 Å². The molecule has 5 aromatic rings. The van der Waals surface area contributed by atoms with Crippen molar-refractivity contribution in [2.24, 2.45) is 11.3 Å². The molecule has 3 aliphatic heterocycles. The number of likely N-dealkylation sites (N-methyl/N-ethyl adjacent to an activating group) is 1. The summed E-state index contributed by atoms with van der Waals surface area (Å²) in [5, 5.41) is 8.35. The minimum Gasteiger partial charge on any atom is -0.464 e. The van der Waals surface area contributed by atoms with E-state index in [1.165, 1.54) is 27.5 Å². The normalized spacial score (nSPS) is 20.6. The molecule has 3 aliphatic rings. The first kappa shape index (κ1) is 47.9. The monoisotopic (exact) mass is 929 g/mol. The standard InChI is InChI=1S/C53H68N8O5S/c1-10-59-44-22-21-36-27-39(44)40(48(59)38-15-11-23-54-46(38)32(2)3)29-53(7,8)31-66-51(64)41-16-13-25-61(57-41)50(63)42(28-45-55-43(36)30-67-45)56-49(62)47(33(4)5)58(9)52(65)60-24-12-14-37(60)26-35-19-17-34(6)18-20-35/h11,15,17-23,27,30,32-33,37,41-42,47,57H,10,12-14,16,24-26,28-29,31H2,1-9H3,(H,56,62)/t37?,41-,42-,47-/m0/s1. The Labute approximate surface area is 399 Å². The van der Waals surface area contributed by atoms with E-state index in [4.69, 9.17) is 14.7 Å². The summed E-state index contributed by atoms with van der Waals surface area (Å²) in [7, 11) is 1.69. The first-order valence-corrected chi connectivity index (χ1v) is 25.1. The molecule has 8 rings (SSSR count).